The van der Waals surface area contributed by atoms with Gasteiger partial charge in [0.1, 0.15) is 5.57 Å². The van der Waals surface area contributed by atoms with E-state index in [1.54, 1.807) is 0 Å². The van der Waals surface area contributed by atoms with Crippen LogP contribution < -0.4 is 5.32 Å². The molecule has 0 aromatic heterocycles. The van der Waals surface area contributed by atoms with Crippen LogP contribution in [0.4, 0.5) is 0 Å². The molecule has 1 rings (SSSR count). The number of rotatable bonds is 6. The zero-order valence-electron chi connectivity index (χ0n) is 11.3. The van der Waals surface area contributed by atoms with Gasteiger partial charge in [-0.15, -0.1) is 0 Å². The van der Waals surface area contributed by atoms with Crippen LogP contribution in [-0.4, -0.2) is 63.3 Å². The van der Waals surface area contributed by atoms with Gasteiger partial charge in [0.25, 0.3) is 5.91 Å². The van der Waals surface area contributed by atoms with Crippen LogP contribution in [-0.2, 0) is 23.8 Å². The van der Waals surface area contributed by atoms with Crippen molar-refractivity contribution in [2.75, 3.05) is 0 Å². The molecule has 0 saturated carbocycles. The second-order valence-corrected chi connectivity index (χ2v) is 4.61. The van der Waals surface area contributed by atoms with Crippen molar-refractivity contribution >= 4 is 30.9 Å². The monoisotopic (exact) mass is 315 g/mol. The minimum Gasteiger partial charge on any atom is -0.481 e. The Morgan fingerprint density at radius 1 is 1.18 bits per heavy atom. The Bertz CT molecular complexity index is 518. The van der Waals surface area contributed by atoms with Crippen molar-refractivity contribution in [3.63, 3.8) is 0 Å². The topological polar surface area (TPSA) is 170 Å². The van der Waals surface area contributed by atoms with E-state index in [1.165, 1.54) is 0 Å². The predicted molar refractivity (Wildman–Crippen MR) is 69.6 cm³/mol. The van der Waals surface area contributed by atoms with Crippen molar-refractivity contribution in [1.82, 2.24) is 5.32 Å². The van der Waals surface area contributed by atoms with Crippen LogP contribution in [0.25, 0.3) is 0 Å². The molecule has 0 spiro atoms. The number of hydrogen-bond donors (Lipinski definition) is 5. The maximum Gasteiger partial charge on any atom is 0.478 e. The molecule has 1 aliphatic heterocycles. The average Bonchev–Trinajstić information content (AvgIpc) is 2.37. The molecule has 0 aromatic rings. The van der Waals surface area contributed by atoms with E-state index >= 15 is 0 Å². The second kappa shape index (κ2) is 7.57. The van der Waals surface area contributed by atoms with Gasteiger partial charge in [-0.25, -0.2) is 9.59 Å². The van der Waals surface area contributed by atoms with Gasteiger partial charge in [0.05, 0.1) is 18.5 Å². The molecular weight excluding hydrogens is 301 g/mol. The Hall–Kier alpha value is -2.40. The van der Waals surface area contributed by atoms with Gasteiger partial charge in [-0.2, -0.15) is 0 Å². The van der Waals surface area contributed by atoms with Crippen molar-refractivity contribution < 1.29 is 44.2 Å². The minimum absolute atomic E-state index is 0.158. The molecule has 1 amide bonds. The first-order valence-electron chi connectivity index (χ1n) is 6.24. The summed E-state index contributed by atoms with van der Waals surface area (Å²) in [5, 5.41) is 37.8. The van der Waals surface area contributed by atoms with Crippen LogP contribution in [0.1, 0.15) is 19.3 Å². The van der Waals surface area contributed by atoms with Gasteiger partial charge in [-0.3, -0.25) is 9.59 Å². The minimum atomic E-state index is -1.73. The molecule has 120 valence electrons. The van der Waals surface area contributed by atoms with Gasteiger partial charge in [-0.1, -0.05) is 0 Å². The molecule has 2 atom stereocenters. The summed E-state index contributed by atoms with van der Waals surface area (Å²) >= 11 is 0. The quantitative estimate of drug-likeness (QED) is 0.165. The third kappa shape index (κ3) is 5.18. The SMILES string of the molecule is O=C(O)C=C(C(=O)O)C(=O)NC1CCC(CC(=O)O)OB1O. The van der Waals surface area contributed by atoms with Crippen LogP contribution in [0, 0.1) is 0 Å². The Kier molecular flexibility index (Phi) is 6.07. The summed E-state index contributed by atoms with van der Waals surface area (Å²) in [6.07, 6.45) is -0.392. The van der Waals surface area contributed by atoms with E-state index in [4.69, 9.17) is 20.0 Å². The largest absolute Gasteiger partial charge is 0.481 e. The molecule has 1 saturated heterocycles. The Morgan fingerprint density at radius 3 is 2.27 bits per heavy atom. The highest BCUT2D eigenvalue weighted by Gasteiger charge is 2.37. The number of carbonyl (C=O) groups excluding carboxylic acids is 1. The average molecular weight is 315 g/mol. The van der Waals surface area contributed by atoms with Crippen molar-refractivity contribution in [3.8, 4) is 0 Å². The number of carboxylic acids is 3. The summed E-state index contributed by atoms with van der Waals surface area (Å²) in [6, 6.07) is 0. The summed E-state index contributed by atoms with van der Waals surface area (Å²) in [6.45, 7) is 0. The zero-order chi connectivity index (χ0) is 16.9. The lowest BCUT2D eigenvalue weighted by molar-refractivity contribution is -0.140. The first kappa shape index (κ1) is 17.7. The summed E-state index contributed by atoms with van der Waals surface area (Å²) in [5.74, 6) is -6.57. The molecule has 0 aromatic carbocycles. The van der Waals surface area contributed by atoms with E-state index in [2.05, 4.69) is 5.32 Å². The van der Waals surface area contributed by atoms with Crippen LogP contribution in [0.3, 0.4) is 0 Å². The normalized spacial score (nSPS) is 22.0. The summed E-state index contributed by atoms with van der Waals surface area (Å²) in [4.78, 5) is 43.5. The van der Waals surface area contributed by atoms with E-state index in [0.29, 0.717) is 0 Å². The molecule has 0 bridgehead atoms. The van der Waals surface area contributed by atoms with E-state index in [0.717, 1.165) is 0 Å². The van der Waals surface area contributed by atoms with Crippen molar-refractivity contribution in [1.29, 1.82) is 0 Å². The third-order valence-electron chi connectivity index (χ3n) is 2.94. The van der Waals surface area contributed by atoms with Crippen LogP contribution in [0.15, 0.2) is 11.6 Å². The van der Waals surface area contributed by atoms with Gasteiger partial charge < -0.3 is 30.3 Å². The fraction of sp³-hybridized carbons (Fsp3) is 0.455. The Labute approximate surface area is 124 Å². The molecule has 2 unspecified atom stereocenters. The van der Waals surface area contributed by atoms with E-state index in [9.17, 15) is 24.2 Å². The summed E-state index contributed by atoms with van der Waals surface area (Å²) in [5.41, 5.74) is -0.993. The van der Waals surface area contributed by atoms with E-state index in [-0.39, 0.29) is 25.3 Å². The highest BCUT2D eigenvalue weighted by molar-refractivity contribution is 6.46. The third-order valence-corrected chi connectivity index (χ3v) is 2.94. The number of nitrogens with one attached hydrogen (secondary N) is 1. The fourth-order valence-electron chi connectivity index (χ4n) is 1.95. The van der Waals surface area contributed by atoms with E-state index in [1.807, 2.05) is 0 Å². The van der Waals surface area contributed by atoms with Gasteiger partial charge in [-0.05, 0) is 12.8 Å². The lowest BCUT2D eigenvalue weighted by atomic mass is 9.72. The molecule has 1 heterocycles. The molecular formula is C11H14BNO9. The lowest BCUT2D eigenvalue weighted by Gasteiger charge is -2.30. The Balaban J connectivity index is 2.67. The van der Waals surface area contributed by atoms with Crippen molar-refractivity contribution in [2.45, 2.75) is 31.3 Å². The number of carbonyl (C=O) groups is 4. The lowest BCUT2D eigenvalue weighted by Crippen LogP contribution is -2.53. The maximum atomic E-state index is 11.7. The van der Waals surface area contributed by atoms with Crippen LogP contribution >= 0.6 is 0 Å². The van der Waals surface area contributed by atoms with Crippen molar-refractivity contribution in [2.24, 2.45) is 0 Å². The van der Waals surface area contributed by atoms with Gasteiger partial charge in [0.15, 0.2) is 0 Å². The fourth-order valence-corrected chi connectivity index (χ4v) is 1.95. The summed E-state index contributed by atoms with van der Waals surface area (Å²) in [7, 11) is -1.51. The second-order valence-electron chi connectivity index (χ2n) is 4.61. The molecule has 10 nitrogen and oxygen atoms in total. The smallest absolute Gasteiger partial charge is 0.478 e. The molecule has 11 heteroatoms. The van der Waals surface area contributed by atoms with Crippen molar-refractivity contribution in [3.05, 3.63) is 11.6 Å². The Morgan fingerprint density at radius 2 is 1.82 bits per heavy atom. The van der Waals surface area contributed by atoms with E-state index < -0.39 is 48.6 Å². The zero-order valence-corrected chi connectivity index (χ0v) is 11.3. The van der Waals surface area contributed by atoms with Gasteiger partial charge in [0.2, 0.25) is 0 Å². The number of aliphatic carboxylic acids is 3. The number of carboxylic acid groups (broad SMARTS) is 3. The van der Waals surface area contributed by atoms with Gasteiger partial charge >= 0.3 is 25.0 Å². The van der Waals surface area contributed by atoms with Crippen LogP contribution in [0.2, 0.25) is 0 Å². The first-order valence-corrected chi connectivity index (χ1v) is 6.24. The molecule has 22 heavy (non-hydrogen) atoms. The predicted octanol–water partition coefficient (Wildman–Crippen LogP) is -1.76. The molecule has 1 fully saturated rings. The molecule has 0 radical (unpaired) electrons. The molecule has 1 aliphatic rings. The highest BCUT2D eigenvalue weighted by Crippen LogP contribution is 2.19. The number of hydrogen-bond acceptors (Lipinski definition) is 6. The first-order chi connectivity index (χ1) is 10.2. The standard InChI is InChI=1S/C11H14BNO9/c14-8(15)3-5-1-2-7(12(21)22-5)13-10(18)6(11(19)20)4-9(16)17/h4-5,7,21H,1-3H2,(H,13,18)(H,14,15)(H,16,17)(H,19,20). The molecule has 5 N–H and O–H groups in total. The van der Waals surface area contributed by atoms with Gasteiger partial charge in [0, 0.05) is 6.08 Å². The molecule has 0 aliphatic carbocycles. The van der Waals surface area contributed by atoms with Crippen LogP contribution in [0.5, 0.6) is 0 Å². The highest BCUT2D eigenvalue weighted by atomic mass is 16.5. The number of amides is 1. The summed E-state index contributed by atoms with van der Waals surface area (Å²) < 4.78 is 5.01. The maximum absolute atomic E-state index is 11.7.